The number of benzene rings is 2. The van der Waals surface area contributed by atoms with E-state index in [4.69, 9.17) is 15.5 Å². The lowest BCUT2D eigenvalue weighted by molar-refractivity contribution is 0.0985. The third kappa shape index (κ3) is 3.64. The molecule has 1 aliphatic heterocycles. The van der Waals surface area contributed by atoms with Crippen molar-refractivity contribution < 1.29 is 13.5 Å². The van der Waals surface area contributed by atoms with Crippen LogP contribution in [-0.4, -0.2) is 45.3 Å². The number of aromatic nitrogens is 4. The minimum atomic E-state index is -2.78. The van der Waals surface area contributed by atoms with Crippen molar-refractivity contribution in [1.82, 2.24) is 19.5 Å². The number of anilines is 2. The Labute approximate surface area is 183 Å². The standard InChI is InChI=1S/C23H22F2N6O/c1-14-13-32-11-10-30(14)20-12-18(15-6-8-16(26)9-7-15)28-23(29-20)31-19-5-3-2-4-17(19)27-22(31)21(24)25/h2-9,12,14,21H,10-11,13,26H2,1H3/t14-/m0/s1. The van der Waals surface area contributed by atoms with E-state index in [1.807, 2.05) is 25.1 Å². The number of imidazole rings is 1. The van der Waals surface area contributed by atoms with Gasteiger partial charge in [-0.1, -0.05) is 24.3 Å². The summed E-state index contributed by atoms with van der Waals surface area (Å²) in [5.74, 6) is 0.411. The molecule has 1 atom stereocenters. The number of nitrogens with two attached hydrogens (primary N) is 1. The second kappa shape index (κ2) is 8.16. The number of rotatable bonds is 4. The Bertz CT molecular complexity index is 1260. The average molecular weight is 436 g/mol. The average Bonchev–Trinajstić information content (AvgIpc) is 3.20. The minimum absolute atomic E-state index is 0.0832. The first kappa shape index (κ1) is 20.3. The van der Waals surface area contributed by atoms with Gasteiger partial charge < -0.3 is 15.4 Å². The number of nitrogens with zero attached hydrogens (tertiary/aromatic N) is 5. The van der Waals surface area contributed by atoms with Crippen LogP contribution in [0.2, 0.25) is 0 Å². The highest BCUT2D eigenvalue weighted by Gasteiger charge is 2.25. The Morgan fingerprint density at radius 2 is 1.84 bits per heavy atom. The van der Waals surface area contributed by atoms with Crippen molar-refractivity contribution >= 4 is 22.5 Å². The van der Waals surface area contributed by atoms with E-state index in [0.29, 0.717) is 48.0 Å². The Morgan fingerprint density at radius 1 is 1.06 bits per heavy atom. The first-order valence-corrected chi connectivity index (χ1v) is 10.4. The predicted octanol–water partition coefficient (Wildman–Crippen LogP) is 4.23. The van der Waals surface area contributed by atoms with Crippen molar-refractivity contribution in [2.24, 2.45) is 0 Å². The van der Waals surface area contributed by atoms with Crippen LogP contribution in [0, 0.1) is 0 Å². The number of fused-ring (bicyclic) bond motifs is 1. The quantitative estimate of drug-likeness (QED) is 0.482. The van der Waals surface area contributed by atoms with Crippen LogP contribution >= 0.6 is 0 Å². The van der Waals surface area contributed by atoms with Gasteiger partial charge in [-0.25, -0.2) is 18.7 Å². The number of hydrogen-bond acceptors (Lipinski definition) is 6. The molecule has 1 fully saturated rings. The van der Waals surface area contributed by atoms with Gasteiger partial charge in [-0.15, -0.1) is 0 Å². The van der Waals surface area contributed by atoms with Gasteiger partial charge in [-0.05, 0) is 31.2 Å². The second-order valence-electron chi connectivity index (χ2n) is 7.75. The molecule has 0 spiro atoms. The summed E-state index contributed by atoms with van der Waals surface area (Å²) in [5.41, 5.74) is 8.89. The number of hydrogen-bond donors (Lipinski definition) is 1. The topological polar surface area (TPSA) is 82.1 Å². The van der Waals surface area contributed by atoms with Crippen LogP contribution in [0.3, 0.4) is 0 Å². The highest BCUT2D eigenvalue weighted by atomic mass is 19.3. The van der Waals surface area contributed by atoms with Crippen molar-refractivity contribution in [2.45, 2.75) is 19.4 Å². The number of alkyl halides is 2. The summed E-state index contributed by atoms with van der Waals surface area (Å²) in [6, 6.07) is 16.2. The zero-order valence-electron chi connectivity index (χ0n) is 17.4. The van der Waals surface area contributed by atoms with Gasteiger partial charge in [0.25, 0.3) is 6.43 Å². The highest BCUT2D eigenvalue weighted by molar-refractivity contribution is 5.78. The molecule has 9 heteroatoms. The van der Waals surface area contributed by atoms with E-state index < -0.39 is 6.43 Å². The summed E-state index contributed by atoms with van der Waals surface area (Å²) < 4.78 is 34.8. The smallest absolute Gasteiger partial charge is 0.296 e. The second-order valence-corrected chi connectivity index (χ2v) is 7.75. The largest absolute Gasteiger partial charge is 0.399 e. The predicted molar refractivity (Wildman–Crippen MR) is 119 cm³/mol. The molecule has 2 aromatic heterocycles. The Hall–Kier alpha value is -3.59. The lowest BCUT2D eigenvalue weighted by Crippen LogP contribution is -2.44. The van der Waals surface area contributed by atoms with E-state index in [2.05, 4.69) is 14.9 Å². The van der Waals surface area contributed by atoms with Gasteiger partial charge in [0.1, 0.15) is 5.82 Å². The molecule has 0 saturated carbocycles. The Balaban J connectivity index is 1.74. The van der Waals surface area contributed by atoms with Gasteiger partial charge >= 0.3 is 0 Å². The molecule has 5 rings (SSSR count). The van der Waals surface area contributed by atoms with Gasteiger partial charge in [0.05, 0.1) is 36.0 Å². The molecular weight excluding hydrogens is 414 g/mol. The van der Waals surface area contributed by atoms with Gasteiger partial charge in [0.2, 0.25) is 5.95 Å². The molecule has 0 radical (unpaired) electrons. The molecule has 0 unspecified atom stereocenters. The van der Waals surface area contributed by atoms with Gasteiger partial charge in [0.15, 0.2) is 5.82 Å². The maximum atomic E-state index is 14.0. The summed E-state index contributed by atoms with van der Waals surface area (Å²) in [6.07, 6.45) is -2.78. The third-order valence-corrected chi connectivity index (χ3v) is 5.55. The van der Waals surface area contributed by atoms with Crippen molar-refractivity contribution in [2.75, 3.05) is 30.4 Å². The van der Waals surface area contributed by atoms with Crippen molar-refractivity contribution in [3.63, 3.8) is 0 Å². The van der Waals surface area contributed by atoms with E-state index in [9.17, 15) is 8.78 Å². The molecule has 7 nitrogen and oxygen atoms in total. The SMILES string of the molecule is C[C@H]1COCCN1c1cc(-c2ccc(N)cc2)nc(-n2c(C(F)F)nc3ccccc32)n1. The van der Waals surface area contributed by atoms with Crippen LogP contribution in [0.25, 0.3) is 28.2 Å². The summed E-state index contributed by atoms with van der Waals surface area (Å²) in [4.78, 5) is 15.6. The highest BCUT2D eigenvalue weighted by Crippen LogP contribution is 2.30. The number of morpholine rings is 1. The fourth-order valence-corrected chi connectivity index (χ4v) is 3.94. The van der Waals surface area contributed by atoms with Gasteiger partial charge in [0, 0.05) is 23.9 Å². The molecule has 164 valence electrons. The molecule has 0 aliphatic carbocycles. The fourth-order valence-electron chi connectivity index (χ4n) is 3.94. The molecule has 0 amide bonds. The molecule has 2 aromatic carbocycles. The lowest BCUT2D eigenvalue weighted by Gasteiger charge is -2.34. The summed E-state index contributed by atoms with van der Waals surface area (Å²) in [5, 5.41) is 0. The number of ether oxygens (including phenoxy) is 1. The van der Waals surface area contributed by atoms with Crippen LogP contribution in [0.4, 0.5) is 20.3 Å². The summed E-state index contributed by atoms with van der Waals surface area (Å²) in [7, 11) is 0. The first-order chi connectivity index (χ1) is 15.5. The normalized spacial score (nSPS) is 16.8. The van der Waals surface area contributed by atoms with Crippen LogP contribution < -0.4 is 10.6 Å². The maximum absolute atomic E-state index is 14.0. The molecular formula is C23H22F2N6O. The Morgan fingerprint density at radius 3 is 2.59 bits per heavy atom. The molecule has 0 bridgehead atoms. The molecule has 2 N–H and O–H groups in total. The zero-order chi connectivity index (χ0) is 22.2. The van der Waals surface area contributed by atoms with Crippen LogP contribution in [0.15, 0.2) is 54.6 Å². The van der Waals surface area contributed by atoms with Crippen molar-refractivity contribution in [3.05, 3.63) is 60.4 Å². The van der Waals surface area contributed by atoms with E-state index in [1.165, 1.54) is 4.57 Å². The van der Waals surface area contributed by atoms with E-state index >= 15 is 0 Å². The number of para-hydroxylation sites is 2. The third-order valence-electron chi connectivity index (χ3n) is 5.55. The first-order valence-electron chi connectivity index (χ1n) is 10.4. The fraction of sp³-hybridized carbons (Fsp3) is 0.261. The molecule has 3 heterocycles. The van der Waals surface area contributed by atoms with E-state index in [1.54, 1.807) is 36.4 Å². The van der Waals surface area contributed by atoms with E-state index in [-0.39, 0.29) is 17.8 Å². The minimum Gasteiger partial charge on any atom is -0.399 e. The van der Waals surface area contributed by atoms with Crippen molar-refractivity contribution in [1.29, 1.82) is 0 Å². The van der Waals surface area contributed by atoms with Crippen LogP contribution in [0.1, 0.15) is 19.2 Å². The molecule has 4 aromatic rings. The Kier molecular flexibility index (Phi) is 5.18. The monoisotopic (exact) mass is 436 g/mol. The lowest BCUT2D eigenvalue weighted by atomic mass is 10.1. The van der Waals surface area contributed by atoms with Crippen LogP contribution in [0.5, 0.6) is 0 Å². The molecule has 1 aliphatic rings. The molecule has 1 saturated heterocycles. The summed E-state index contributed by atoms with van der Waals surface area (Å²) in [6.45, 7) is 3.82. The van der Waals surface area contributed by atoms with Crippen LogP contribution in [-0.2, 0) is 4.74 Å². The van der Waals surface area contributed by atoms with E-state index in [0.717, 1.165) is 5.56 Å². The zero-order valence-corrected chi connectivity index (χ0v) is 17.4. The number of halogens is 2. The van der Waals surface area contributed by atoms with Gasteiger partial charge in [-0.3, -0.25) is 4.57 Å². The number of nitrogen functional groups attached to an aromatic ring is 1. The summed E-state index contributed by atoms with van der Waals surface area (Å²) >= 11 is 0. The van der Waals surface area contributed by atoms with Gasteiger partial charge in [-0.2, -0.15) is 4.98 Å². The molecule has 32 heavy (non-hydrogen) atoms. The maximum Gasteiger partial charge on any atom is 0.296 e. The van der Waals surface area contributed by atoms with Crippen molar-refractivity contribution in [3.8, 4) is 17.2 Å².